The normalized spacial score (nSPS) is 11.5. The third kappa shape index (κ3) is 2.00. The van der Waals surface area contributed by atoms with E-state index < -0.39 is 0 Å². The molecular weight excluding hydrogens is 334 g/mol. The van der Waals surface area contributed by atoms with Gasteiger partial charge < -0.3 is 13.8 Å². The Hall–Kier alpha value is -3.75. The van der Waals surface area contributed by atoms with Crippen molar-refractivity contribution in [1.82, 2.24) is 34.5 Å². The molecule has 9 nitrogen and oxygen atoms in total. The first-order valence-corrected chi connectivity index (χ1v) is 7.87. The van der Waals surface area contributed by atoms with Gasteiger partial charge in [-0.2, -0.15) is 9.61 Å². The Morgan fingerprint density at radius 2 is 2.04 bits per heavy atom. The molecule has 0 unspecified atom stereocenters. The highest BCUT2D eigenvalue weighted by molar-refractivity contribution is 6.05. The number of rotatable bonds is 3. The molecule has 5 aromatic rings. The number of hydrogen-bond donors (Lipinski definition) is 0. The van der Waals surface area contributed by atoms with Gasteiger partial charge >= 0.3 is 0 Å². The molecule has 4 heterocycles. The second-order valence-corrected chi connectivity index (χ2v) is 5.80. The Kier molecular flexibility index (Phi) is 3.02. The Morgan fingerprint density at radius 1 is 1.12 bits per heavy atom. The lowest BCUT2D eigenvalue weighted by molar-refractivity contribution is 0.419. The zero-order chi connectivity index (χ0) is 17.7. The SMILES string of the molecule is COc1cccc2c1c(-c1cn(C)cn1)nn1c(-c3ccon3)nnc21. The van der Waals surface area contributed by atoms with Gasteiger partial charge in [0, 0.05) is 24.7 Å². The van der Waals surface area contributed by atoms with E-state index in [1.54, 1.807) is 24.0 Å². The fourth-order valence-corrected chi connectivity index (χ4v) is 3.03. The summed E-state index contributed by atoms with van der Waals surface area (Å²) in [5.74, 6) is 1.19. The largest absolute Gasteiger partial charge is 0.496 e. The van der Waals surface area contributed by atoms with E-state index in [0.29, 0.717) is 28.6 Å². The van der Waals surface area contributed by atoms with Crippen molar-refractivity contribution in [2.75, 3.05) is 7.11 Å². The van der Waals surface area contributed by atoms with Crippen LogP contribution in [0.5, 0.6) is 5.75 Å². The fourth-order valence-electron chi connectivity index (χ4n) is 3.03. The minimum atomic E-state index is 0.496. The van der Waals surface area contributed by atoms with Crippen molar-refractivity contribution in [3.63, 3.8) is 0 Å². The number of ether oxygens (including phenoxy) is 1. The van der Waals surface area contributed by atoms with E-state index in [0.717, 1.165) is 16.5 Å². The number of imidazole rings is 1. The van der Waals surface area contributed by atoms with Gasteiger partial charge in [-0.05, 0) is 6.07 Å². The molecule has 0 radical (unpaired) electrons. The van der Waals surface area contributed by atoms with Crippen molar-refractivity contribution in [2.45, 2.75) is 0 Å². The second-order valence-electron chi connectivity index (χ2n) is 5.80. The average Bonchev–Trinajstić information content (AvgIpc) is 3.40. The van der Waals surface area contributed by atoms with E-state index in [4.69, 9.17) is 14.4 Å². The maximum absolute atomic E-state index is 5.57. The number of benzene rings is 1. The Labute approximate surface area is 146 Å². The summed E-state index contributed by atoms with van der Waals surface area (Å²) >= 11 is 0. The van der Waals surface area contributed by atoms with Gasteiger partial charge in [-0.3, -0.25) is 0 Å². The molecule has 0 saturated heterocycles. The molecule has 0 saturated carbocycles. The van der Waals surface area contributed by atoms with Crippen LogP contribution in [-0.4, -0.2) is 41.6 Å². The van der Waals surface area contributed by atoms with Gasteiger partial charge in [0.05, 0.1) is 18.8 Å². The number of hydrogen-bond acceptors (Lipinski definition) is 7. The van der Waals surface area contributed by atoms with Crippen molar-refractivity contribution < 1.29 is 9.26 Å². The summed E-state index contributed by atoms with van der Waals surface area (Å²) in [4.78, 5) is 4.45. The summed E-state index contributed by atoms with van der Waals surface area (Å²) in [7, 11) is 3.54. The minimum absolute atomic E-state index is 0.496. The van der Waals surface area contributed by atoms with Crippen LogP contribution >= 0.6 is 0 Å². The molecule has 0 amide bonds. The highest BCUT2D eigenvalue weighted by Gasteiger charge is 2.21. The van der Waals surface area contributed by atoms with Crippen LogP contribution in [0.25, 0.3) is 39.3 Å². The van der Waals surface area contributed by atoms with Crippen molar-refractivity contribution in [3.8, 4) is 28.7 Å². The molecule has 0 aliphatic carbocycles. The van der Waals surface area contributed by atoms with Crippen LogP contribution in [0.15, 0.2) is 47.6 Å². The standard InChI is InChI=1S/C17H13N7O2/c1-23-8-12(18-9-23)15-14-10(4-3-5-13(14)25-2)16-19-20-17(24(16)21-15)11-6-7-26-22-11/h3-9H,1-2H3. The van der Waals surface area contributed by atoms with E-state index >= 15 is 0 Å². The van der Waals surface area contributed by atoms with Crippen molar-refractivity contribution in [1.29, 1.82) is 0 Å². The molecule has 4 aromatic heterocycles. The van der Waals surface area contributed by atoms with Crippen LogP contribution in [-0.2, 0) is 7.05 Å². The van der Waals surface area contributed by atoms with E-state index in [2.05, 4.69) is 20.3 Å². The first kappa shape index (κ1) is 14.6. The maximum Gasteiger partial charge on any atom is 0.207 e. The lowest BCUT2D eigenvalue weighted by Crippen LogP contribution is -2.01. The van der Waals surface area contributed by atoms with Gasteiger partial charge in [0.2, 0.25) is 5.82 Å². The predicted molar refractivity (Wildman–Crippen MR) is 92.5 cm³/mol. The van der Waals surface area contributed by atoms with E-state index in [1.807, 2.05) is 36.0 Å². The van der Waals surface area contributed by atoms with Crippen LogP contribution in [0.4, 0.5) is 0 Å². The Morgan fingerprint density at radius 3 is 2.77 bits per heavy atom. The summed E-state index contributed by atoms with van der Waals surface area (Å²) in [6, 6.07) is 7.48. The number of aryl methyl sites for hydroxylation is 1. The van der Waals surface area contributed by atoms with Crippen LogP contribution in [0, 0.1) is 0 Å². The number of nitrogens with zero attached hydrogens (tertiary/aromatic N) is 7. The van der Waals surface area contributed by atoms with Crippen molar-refractivity contribution in [2.24, 2.45) is 7.05 Å². The van der Waals surface area contributed by atoms with Crippen LogP contribution < -0.4 is 4.74 Å². The smallest absolute Gasteiger partial charge is 0.207 e. The maximum atomic E-state index is 5.57. The molecule has 1 aromatic carbocycles. The number of aromatic nitrogens is 7. The number of methoxy groups -OCH3 is 1. The lowest BCUT2D eigenvalue weighted by atomic mass is 10.1. The summed E-state index contributed by atoms with van der Waals surface area (Å²) in [5.41, 5.74) is 2.56. The highest BCUT2D eigenvalue weighted by Crippen LogP contribution is 2.35. The molecule has 0 bridgehead atoms. The van der Waals surface area contributed by atoms with Gasteiger partial charge in [-0.15, -0.1) is 10.2 Å². The van der Waals surface area contributed by atoms with E-state index in [-0.39, 0.29) is 0 Å². The Balaban J connectivity index is 1.94. The third-order valence-corrected chi connectivity index (χ3v) is 4.18. The zero-order valence-corrected chi connectivity index (χ0v) is 14.0. The van der Waals surface area contributed by atoms with Gasteiger partial charge in [-0.1, -0.05) is 17.3 Å². The monoisotopic (exact) mass is 347 g/mol. The lowest BCUT2D eigenvalue weighted by Gasteiger charge is -2.10. The molecule has 0 fully saturated rings. The van der Waals surface area contributed by atoms with Crippen molar-refractivity contribution in [3.05, 3.63) is 43.1 Å². The minimum Gasteiger partial charge on any atom is -0.496 e. The molecule has 0 aliphatic heterocycles. The highest BCUT2D eigenvalue weighted by atomic mass is 16.5. The second kappa shape index (κ2) is 5.38. The van der Waals surface area contributed by atoms with Crippen molar-refractivity contribution >= 4 is 16.4 Å². The predicted octanol–water partition coefficient (Wildman–Crippen LogP) is 2.34. The van der Waals surface area contributed by atoms with Gasteiger partial charge in [0.15, 0.2) is 11.3 Å². The topological polar surface area (TPSA) is 96.2 Å². The molecular formula is C17H13N7O2. The fraction of sp³-hybridized carbons (Fsp3) is 0.118. The number of fused-ring (bicyclic) bond motifs is 3. The molecule has 9 heteroatoms. The summed E-state index contributed by atoms with van der Waals surface area (Å²) in [5, 5.41) is 19.0. The summed E-state index contributed by atoms with van der Waals surface area (Å²) in [6.07, 6.45) is 5.12. The molecule has 0 aliphatic rings. The molecule has 128 valence electrons. The van der Waals surface area contributed by atoms with Gasteiger partial charge in [0.25, 0.3) is 0 Å². The molecule has 0 N–H and O–H groups in total. The quantitative estimate of drug-likeness (QED) is 0.494. The van der Waals surface area contributed by atoms with Crippen LogP contribution in [0.1, 0.15) is 0 Å². The first-order valence-electron chi connectivity index (χ1n) is 7.87. The van der Waals surface area contributed by atoms with Crippen LogP contribution in [0.2, 0.25) is 0 Å². The summed E-state index contributed by atoms with van der Waals surface area (Å²) in [6.45, 7) is 0. The van der Waals surface area contributed by atoms with Gasteiger partial charge in [0.1, 0.15) is 23.4 Å². The van der Waals surface area contributed by atoms with Gasteiger partial charge in [-0.25, -0.2) is 4.98 Å². The average molecular weight is 347 g/mol. The van der Waals surface area contributed by atoms with E-state index in [1.165, 1.54) is 6.26 Å². The van der Waals surface area contributed by atoms with Crippen LogP contribution in [0.3, 0.4) is 0 Å². The molecule has 0 spiro atoms. The zero-order valence-electron chi connectivity index (χ0n) is 14.0. The first-order chi connectivity index (χ1) is 12.8. The molecule has 5 rings (SSSR count). The molecule has 26 heavy (non-hydrogen) atoms. The third-order valence-electron chi connectivity index (χ3n) is 4.18. The Bertz CT molecular complexity index is 1240. The van der Waals surface area contributed by atoms with E-state index in [9.17, 15) is 0 Å². The molecule has 0 atom stereocenters. The summed E-state index contributed by atoms with van der Waals surface area (Å²) < 4.78 is 14.0.